The summed E-state index contributed by atoms with van der Waals surface area (Å²) in [5.41, 5.74) is 7.91. The molecule has 4 aromatic rings. The van der Waals surface area contributed by atoms with Gasteiger partial charge in [-0.1, -0.05) is 78.2 Å². The van der Waals surface area contributed by atoms with Crippen molar-refractivity contribution in [3.05, 3.63) is 101 Å². The predicted octanol–water partition coefficient (Wildman–Crippen LogP) is 6.36. The molecule has 1 aromatic heterocycles. The number of hydrogen-bond donors (Lipinski definition) is 1. The summed E-state index contributed by atoms with van der Waals surface area (Å²) in [7, 11) is 1.76. The summed E-state index contributed by atoms with van der Waals surface area (Å²) in [6.45, 7) is 4.82. The Kier molecular flexibility index (Phi) is 6.42. The summed E-state index contributed by atoms with van der Waals surface area (Å²) in [4.78, 5) is 0. The Morgan fingerprint density at radius 1 is 0.853 bits per heavy atom. The summed E-state index contributed by atoms with van der Waals surface area (Å²) >= 11 is 0. The van der Waals surface area contributed by atoms with Crippen molar-refractivity contribution in [2.45, 2.75) is 51.6 Å². The van der Waals surface area contributed by atoms with Gasteiger partial charge in [0, 0.05) is 7.11 Å². The highest BCUT2D eigenvalue weighted by Gasteiger charge is 2.33. The van der Waals surface area contributed by atoms with Gasteiger partial charge in [0.05, 0.1) is 29.7 Å². The minimum Gasteiger partial charge on any atom is -0.383 e. The van der Waals surface area contributed by atoms with Gasteiger partial charge in [-0.3, -0.25) is 5.41 Å². The molecule has 3 aromatic carbocycles. The van der Waals surface area contributed by atoms with E-state index in [0.717, 1.165) is 17.5 Å². The van der Waals surface area contributed by atoms with Crippen molar-refractivity contribution in [3.63, 3.8) is 0 Å². The van der Waals surface area contributed by atoms with Crippen LogP contribution < -0.4 is 5.62 Å². The Hall–Kier alpha value is -3.11. The lowest BCUT2D eigenvalue weighted by Gasteiger charge is -2.35. The van der Waals surface area contributed by atoms with Crippen LogP contribution in [0.5, 0.6) is 0 Å². The van der Waals surface area contributed by atoms with Gasteiger partial charge in [-0.2, -0.15) is 0 Å². The smallest absolute Gasteiger partial charge is 0.203 e. The molecule has 1 saturated carbocycles. The number of imidazole rings is 1. The molecule has 1 N–H and O–H groups in total. The third-order valence-corrected chi connectivity index (χ3v) is 7.47. The van der Waals surface area contributed by atoms with Crippen molar-refractivity contribution in [3.8, 4) is 0 Å². The van der Waals surface area contributed by atoms with E-state index in [2.05, 4.69) is 95.8 Å². The number of para-hydroxylation sites is 2. The second-order valence-corrected chi connectivity index (χ2v) is 9.90. The van der Waals surface area contributed by atoms with Crippen LogP contribution in [0.15, 0.2) is 72.8 Å². The molecule has 0 spiro atoms. The Morgan fingerprint density at radius 3 is 2.00 bits per heavy atom. The molecule has 4 nitrogen and oxygen atoms in total. The van der Waals surface area contributed by atoms with Crippen LogP contribution in [-0.2, 0) is 11.2 Å². The van der Waals surface area contributed by atoms with Gasteiger partial charge in [0.15, 0.2) is 0 Å². The van der Waals surface area contributed by atoms with Crippen molar-refractivity contribution in [2.75, 3.05) is 13.7 Å². The molecule has 5 rings (SSSR count). The number of ether oxygens (including phenoxy) is 1. The standard InChI is InChI=1S/C30H35N3O/c1-21-11-15-23(16-12-21)19-26(20-34-3)32-27-9-4-5-10-28(27)33(30(32)31)29(24-7-6-8-24)25-17-13-22(2)14-18-25/h4-5,9-18,24,26,29,31H,6-8,19-20H2,1-3H3/t26-,29?/m0/s1. The number of nitrogens with zero attached hydrogens (tertiary/aromatic N) is 2. The maximum absolute atomic E-state index is 9.47. The molecule has 2 atom stereocenters. The van der Waals surface area contributed by atoms with Gasteiger partial charge in [0.25, 0.3) is 0 Å². The molecule has 0 radical (unpaired) electrons. The highest BCUT2D eigenvalue weighted by molar-refractivity contribution is 5.76. The SMILES string of the molecule is COC[C@H](Cc1ccc(C)cc1)n1c(=N)n(C(c2ccc(C)cc2)C2CCC2)c2ccccc21. The first-order chi connectivity index (χ1) is 16.6. The molecule has 0 amide bonds. The quantitative estimate of drug-likeness (QED) is 0.331. The van der Waals surface area contributed by atoms with Crippen LogP contribution in [0.2, 0.25) is 0 Å². The van der Waals surface area contributed by atoms with Crippen molar-refractivity contribution < 1.29 is 4.74 Å². The van der Waals surface area contributed by atoms with E-state index in [1.54, 1.807) is 7.11 Å². The molecular formula is C30H35N3O. The van der Waals surface area contributed by atoms with E-state index >= 15 is 0 Å². The molecule has 1 aliphatic rings. The Labute approximate surface area is 202 Å². The molecule has 0 aliphatic heterocycles. The van der Waals surface area contributed by atoms with Gasteiger partial charge >= 0.3 is 0 Å². The third-order valence-electron chi connectivity index (χ3n) is 7.47. The normalized spacial score (nSPS) is 15.9. The van der Waals surface area contributed by atoms with Crippen LogP contribution in [0.3, 0.4) is 0 Å². The van der Waals surface area contributed by atoms with E-state index in [-0.39, 0.29) is 12.1 Å². The first kappa shape index (κ1) is 22.7. The number of benzene rings is 3. The fraction of sp³-hybridized carbons (Fsp3) is 0.367. The lowest BCUT2D eigenvalue weighted by Crippen LogP contribution is -2.36. The largest absolute Gasteiger partial charge is 0.383 e. The number of aryl methyl sites for hydroxylation is 2. The first-order valence-electron chi connectivity index (χ1n) is 12.4. The maximum atomic E-state index is 9.47. The van der Waals surface area contributed by atoms with Gasteiger partial charge in [-0.05, 0) is 62.3 Å². The van der Waals surface area contributed by atoms with E-state index < -0.39 is 0 Å². The third kappa shape index (κ3) is 4.23. The Bertz CT molecular complexity index is 1310. The highest BCUT2D eigenvalue weighted by atomic mass is 16.5. The van der Waals surface area contributed by atoms with Crippen LogP contribution in [0.1, 0.15) is 53.6 Å². The number of nitrogens with one attached hydrogen (secondary N) is 1. The zero-order valence-electron chi connectivity index (χ0n) is 20.5. The van der Waals surface area contributed by atoms with Gasteiger partial charge < -0.3 is 13.9 Å². The second kappa shape index (κ2) is 9.63. The molecule has 1 heterocycles. The molecule has 1 unspecified atom stereocenters. The first-order valence-corrected chi connectivity index (χ1v) is 12.4. The van der Waals surface area contributed by atoms with E-state index in [1.807, 2.05) is 0 Å². The zero-order chi connectivity index (χ0) is 23.7. The van der Waals surface area contributed by atoms with Crippen molar-refractivity contribution in [2.24, 2.45) is 5.92 Å². The molecule has 0 bridgehead atoms. The zero-order valence-corrected chi connectivity index (χ0v) is 20.5. The van der Waals surface area contributed by atoms with Crippen LogP contribution in [0.25, 0.3) is 11.0 Å². The fourth-order valence-electron chi connectivity index (χ4n) is 5.43. The molecule has 1 fully saturated rings. The van der Waals surface area contributed by atoms with E-state index in [0.29, 0.717) is 18.1 Å². The fourth-order valence-corrected chi connectivity index (χ4v) is 5.43. The summed E-state index contributed by atoms with van der Waals surface area (Å²) in [6, 6.07) is 26.4. The monoisotopic (exact) mass is 453 g/mol. The molecule has 176 valence electrons. The predicted molar refractivity (Wildman–Crippen MR) is 138 cm³/mol. The number of methoxy groups -OCH3 is 1. The lowest BCUT2D eigenvalue weighted by atomic mass is 9.77. The van der Waals surface area contributed by atoms with Gasteiger partial charge in [-0.25, -0.2) is 0 Å². The molecule has 0 saturated heterocycles. The molecule has 34 heavy (non-hydrogen) atoms. The van der Waals surface area contributed by atoms with Crippen molar-refractivity contribution in [1.29, 1.82) is 5.41 Å². The Morgan fingerprint density at radius 2 is 1.44 bits per heavy atom. The van der Waals surface area contributed by atoms with Crippen molar-refractivity contribution >= 4 is 11.0 Å². The van der Waals surface area contributed by atoms with Gasteiger partial charge in [0.1, 0.15) is 0 Å². The number of rotatable bonds is 8. The maximum Gasteiger partial charge on any atom is 0.203 e. The van der Waals surface area contributed by atoms with Crippen LogP contribution in [0, 0.1) is 25.2 Å². The topological polar surface area (TPSA) is 42.9 Å². The highest BCUT2D eigenvalue weighted by Crippen LogP contribution is 2.41. The summed E-state index contributed by atoms with van der Waals surface area (Å²) in [6.07, 6.45) is 4.54. The molecular weight excluding hydrogens is 418 g/mol. The lowest BCUT2D eigenvalue weighted by molar-refractivity contribution is 0.153. The number of hydrogen-bond acceptors (Lipinski definition) is 2. The summed E-state index contributed by atoms with van der Waals surface area (Å²) in [5, 5.41) is 9.47. The minimum atomic E-state index is 0.0476. The average Bonchev–Trinajstić information content (AvgIpc) is 3.09. The van der Waals surface area contributed by atoms with E-state index in [1.165, 1.54) is 41.5 Å². The van der Waals surface area contributed by atoms with Crippen LogP contribution in [0.4, 0.5) is 0 Å². The summed E-state index contributed by atoms with van der Waals surface area (Å²) in [5.74, 6) is 0.564. The summed E-state index contributed by atoms with van der Waals surface area (Å²) < 4.78 is 10.2. The van der Waals surface area contributed by atoms with Crippen molar-refractivity contribution in [1.82, 2.24) is 9.13 Å². The Balaban J connectivity index is 1.66. The molecule has 4 heteroatoms. The van der Waals surface area contributed by atoms with Crippen LogP contribution >= 0.6 is 0 Å². The van der Waals surface area contributed by atoms with E-state index in [4.69, 9.17) is 4.74 Å². The average molecular weight is 454 g/mol. The van der Waals surface area contributed by atoms with E-state index in [9.17, 15) is 5.41 Å². The van der Waals surface area contributed by atoms with Gasteiger partial charge in [0.2, 0.25) is 5.62 Å². The van der Waals surface area contributed by atoms with Crippen LogP contribution in [-0.4, -0.2) is 22.9 Å². The number of aromatic nitrogens is 2. The number of fused-ring (bicyclic) bond motifs is 1. The minimum absolute atomic E-state index is 0.0476. The second-order valence-electron chi connectivity index (χ2n) is 9.90. The molecule has 1 aliphatic carbocycles. The van der Waals surface area contributed by atoms with Gasteiger partial charge in [-0.15, -0.1) is 0 Å².